The Kier molecular flexibility index (Phi) is 8.06. The number of amides is 1. The zero-order valence-corrected chi connectivity index (χ0v) is 19.6. The molecular weight excluding hydrogens is 450 g/mol. The van der Waals surface area contributed by atoms with Gasteiger partial charge in [0, 0.05) is 37.2 Å². The number of sulfonamides is 1. The smallest absolute Gasteiger partial charge is 0.244 e. The van der Waals surface area contributed by atoms with Crippen LogP contribution in [0.1, 0.15) is 32.6 Å². The highest BCUT2D eigenvalue weighted by molar-refractivity contribution is 7.89. The van der Waals surface area contributed by atoms with Crippen molar-refractivity contribution in [2.75, 3.05) is 18.4 Å². The molecule has 1 N–H and O–H groups in total. The summed E-state index contributed by atoms with van der Waals surface area (Å²) in [7, 11) is -3.73. The number of nitrogens with zero attached hydrogens (tertiary/aromatic N) is 2. The number of carbonyl (C=O) groups is 1. The van der Waals surface area contributed by atoms with Crippen molar-refractivity contribution in [2.45, 2.75) is 38.0 Å². The minimum atomic E-state index is -3.73. The molecular formula is C23H26ClN3O4S. The summed E-state index contributed by atoms with van der Waals surface area (Å²) >= 11 is 6.14. The lowest BCUT2D eigenvalue weighted by Crippen LogP contribution is -2.30. The van der Waals surface area contributed by atoms with Gasteiger partial charge in [-0.25, -0.2) is 13.4 Å². The van der Waals surface area contributed by atoms with E-state index < -0.39 is 10.0 Å². The van der Waals surface area contributed by atoms with Gasteiger partial charge in [0.15, 0.2) is 11.7 Å². The highest BCUT2D eigenvalue weighted by atomic mass is 35.5. The van der Waals surface area contributed by atoms with Crippen LogP contribution in [0.15, 0.2) is 64.0 Å². The second-order valence-electron chi connectivity index (χ2n) is 7.12. The molecule has 0 atom stereocenters. The van der Waals surface area contributed by atoms with Gasteiger partial charge in [-0.2, -0.15) is 4.31 Å². The number of carbonyl (C=O) groups excluding carboxylic acids is 1. The van der Waals surface area contributed by atoms with Gasteiger partial charge in [0.25, 0.3) is 0 Å². The largest absolute Gasteiger partial charge is 0.441 e. The summed E-state index contributed by atoms with van der Waals surface area (Å²) in [5.74, 6) is 1.03. The third-order valence-corrected chi connectivity index (χ3v) is 7.48. The molecule has 0 spiro atoms. The summed E-state index contributed by atoms with van der Waals surface area (Å²) in [6.07, 6.45) is 2.97. The molecule has 0 bridgehead atoms. The minimum absolute atomic E-state index is 0.0195. The van der Waals surface area contributed by atoms with Crippen LogP contribution in [0.2, 0.25) is 5.02 Å². The maximum Gasteiger partial charge on any atom is 0.244 e. The van der Waals surface area contributed by atoms with Gasteiger partial charge >= 0.3 is 0 Å². The number of hydrogen-bond acceptors (Lipinski definition) is 5. The van der Waals surface area contributed by atoms with Gasteiger partial charge in [-0.3, -0.25) is 4.79 Å². The standard InChI is InChI=1S/C23H26ClN3O4S/c1-3-27(4-2)32(29,30)21-15-18(13-14-19(21)24)26-22(28)11-8-12-23-25-16-20(31-23)17-9-6-5-7-10-17/h5-7,9-10,13-16H,3-4,8,11-12H2,1-2H3,(H,26,28). The van der Waals surface area contributed by atoms with Gasteiger partial charge in [0.1, 0.15) is 4.90 Å². The topological polar surface area (TPSA) is 92.5 Å². The minimum Gasteiger partial charge on any atom is -0.441 e. The van der Waals surface area contributed by atoms with E-state index in [9.17, 15) is 13.2 Å². The van der Waals surface area contributed by atoms with E-state index in [1.807, 2.05) is 30.3 Å². The molecule has 1 heterocycles. The third kappa shape index (κ3) is 5.76. The molecule has 3 rings (SSSR count). The summed E-state index contributed by atoms with van der Waals surface area (Å²) in [5.41, 5.74) is 1.33. The van der Waals surface area contributed by atoms with Crippen molar-refractivity contribution in [1.82, 2.24) is 9.29 Å². The van der Waals surface area contributed by atoms with E-state index in [-0.39, 0.29) is 22.2 Å². The number of rotatable bonds is 10. The summed E-state index contributed by atoms with van der Waals surface area (Å²) in [5, 5.41) is 2.86. The van der Waals surface area contributed by atoms with Gasteiger partial charge in [0.05, 0.1) is 11.2 Å². The highest BCUT2D eigenvalue weighted by Gasteiger charge is 2.25. The first-order valence-electron chi connectivity index (χ1n) is 10.4. The van der Waals surface area contributed by atoms with Gasteiger partial charge in [-0.15, -0.1) is 0 Å². The van der Waals surface area contributed by atoms with Crippen molar-refractivity contribution in [2.24, 2.45) is 0 Å². The van der Waals surface area contributed by atoms with E-state index in [0.29, 0.717) is 43.3 Å². The fraction of sp³-hybridized carbons (Fsp3) is 0.304. The number of anilines is 1. The summed E-state index contributed by atoms with van der Waals surface area (Å²) < 4.78 is 32.7. The monoisotopic (exact) mass is 475 g/mol. The predicted molar refractivity (Wildman–Crippen MR) is 125 cm³/mol. The second-order valence-corrected chi connectivity index (χ2v) is 9.43. The van der Waals surface area contributed by atoms with E-state index in [1.165, 1.54) is 16.4 Å². The van der Waals surface area contributed by atoms with Crippen LogP contribution in [0.4, 0.5) is 5.69 Å². The van der Waals surface area contributed by atoms with Crippen molar-refractivity contribution in [3.05, 3.63) is 65.6 Å². The van der Waals surface area contributed by atoms with Crippen molar-refractivity contribution in [3.63, 3.8) is 0 Å². The summed E-state index contributed by atoms with van der Waals surface area (Å²) in [4.78, 5) is 16.6. The zero-order chi connectivity index (χ0) is 23.1. The van der Waals surface area contributed by atoms with Crippen LogP contribution < -0.4 is 5.32 Å². The Balaban J connectivity index is 1.58. The van der Waals surface area contributed by atoms with Crippen LogP contribution in [0.5, 0.6) is 0 Å². The van der Waals surface area contributed by atoms with Crippen molar-refractivity contribution in [1.29, 1.82) is 0 Å². The normalized spacial score (nSPS) is 11.6. The lowest BCUT2D eigenvalue weighted by Gasteiger charge is -2.19. The quantitative estimate of drug-likeness (QED) is 0.446. The Labute approximate surface area is 193 Å². The van der Waals surface area contributed by atoms with Crippen LogP contribution in [0.25, 0.3) is 11.3 Å². The number of aryl methyl sites for hydroxylation is 1. The zero-order valence-electron chi connectivity index (χ0n) is 18.0. The Morgan fingerprint density at radius 1 is 1.12 bits per heavy atom. The maximum absolute atomic E-state index is 12.8. The number of halogens is 1. The first-order valence-corrected chi connectivity index (χ1v) is 12.3. The lowest BCUT2D eigenvalue weighted by molar-refractivity contribution is -0.116. The molecule has 1 aromatic heterocycles. The van der Waals surface area contributed by atoms with Crippen molar-refractivity contribution < 1.29 is 17.6 Å². The highest BCUT2D eigenvalue weighted by Crippen LogP contribution is 2.28. The van der Waals surface area contributed by atoms with E-state index in [4.69, 9.17) is 16.0 Å². The fourth-order valence-corrected chi connectivity index (χ4v) is 5.23. The maximum atomic E-state index is 12.8. The molecule has 0 aliphatic carbocycles. The summed E-state index contributed by atoms with van der Waals surface area (Å²) in [6.45, 7) is 4.19. The Bertz CT molecular complexity index is 1160. The van der Waals surface area contributed by atoms with E-state index >= 15 is 0 Å². The number of oxazole rings is 1. The third-order valence-electron chi connectivity index (χ3n) is 4.94. The molecule has 32 heavy (non-hydrogen) atoms. The van der Waals surface area contributed by atoms with E-state index in [0.717, 1.165) is 5.56 Å². The van der Waals surface area contributed by atoms with E-state index in [1.54, 1.807) is 26.1 Å². The summed E-state index contributed by atoms with van der Waals surface area (Å²) in [6, 6.07) is 14.1. The van der Waals surface area contributed by atoms with Crippen LogP contribution in [0.3, 0.4) is 0 Å². The molecule has 0 aliphatic rings. The average Bonchev–Trinajstić information content (AvgIpc) is 3.25. The first-order chi connectivity index (χ1) is 15.3. The second kappa shape index (κ2) is 10.8. The van der Waals surface area contributed by atoms with Crippen LogP contribution in [0, 0.1) is 0 Å². The molecule has 3 aromatic rings. The number of aromatic nitrogens is 1. The molecule has 170 valence electrons. The van der Waals surface area contributed by atoms with Gasteiger partial charge in [0.2, 0.25) is 15.9 Å². The molecule has 0 saturated carbocycles. The Morgan fingerprint density at radius 3 is 2.53 bits per heavy atom. The van der Waals surface area contributed by atoms with Crippen LogP contribution in [-0.4, -0.2) is 36.7 Å². The van der Waals surface area contributed by atoms with Crippen LogP contribution in [-0.2, 0) is 21.2 Å². The molecule has 0 radical (unpaired) electrons. The SMILES string of the molecule is CCN(CC)S(=O)(=O)c1cc(NC(=O)CCCc2ncc(-c3ccccc3)o2)ccc1Cl. The Hall–Kier alpha value is -2.68. The lowest BCUT2D eigenvalue weighted by atomic mass is 10.2. The first kappa shape index (κ1) is 24.0. The number of benzene rings is 2. The fourth-order valence-electron chi connectivity index (χ4n) is 3.27. The van der Waals surface area contributed by atoms with Crippen molar-refractivity contribution >= 4 is 33.2 Å². The van der Waals surface area contributed by atoms with Gasteiger partial charge in [-0.05, 0) is 24.6 Å². The molecule has 2 aromatic carbocycles. The van der Waals surface area contributed by atoms with Gasteiger partial charge < -0.3 is 9.73 Å². The van der Waals surface area contributed by atoms with Gasteiger partial charge in [-0.1, -0.05) is 55.8 Å². The number of nitrogens with one attached hydrogen (secondary N) is 1. The predicted octanol–water partition coefficient (Wildman–Crippen LogP) is 4.99. The molecule has 9 heteroatoms. The number of hydrogen-bond donors (Lipinski definition) is 1. The van der Waals surface area contributed by atoms with Crippen LogP contribution >= 0.6 is 11.6 Å². The van der Waals surface area contributed by atoms with E-state index in [2.05, 4.69) is 10.3 Å². The average molecular weight is 476 g/mol. The van der Waals surface area contributed by atoms with Crippen molar-refractivity contribution in [3.8, 4) is 11.3 Å². The molecule has 0 aliphatic heterocycles. The molecule has 7 nitrogen and oxygen atoms in total. The Morgan fingerprint density at radius 2 is 1.84 bits per heavy atom. The molecule has 1 amide bonds. The molecule has 0 fully saturated rings. The molecule has 0 unspecified atom stereocenters. The molecule has 0 saturated heterocycles.